The van der Waals surface area contributed by atoms with Gasteiger partial charge in [0.1, 0.15) is 5.54 Å². The Balaban J connectivity index is 2.07. The van der Waals surface area contributed by atoms with Crippen molar-refractivity contribution in [3.63, 3.8) is 0 Å². The predicted octanol–water partition coefficient (Wildman–Crippen LogP) is 0.945. The quantitative estimate of drug-likeness (QED) is 0.676. The van der Waals surface area contributed by atoms with Gasteiger partial charge in [-0.2, -0.15) is 0 Å². The van der Waals surface area contributed by atoms with E-state index < -0.39 is 5.54 Å². The number of nitrogens with zero attached hydrogens (tertiary/aromatic N) is 2. The average Bonchev–Trinajstić information content (AvgIpc) is 3.31. The number of nitrogens with one attached hydrogen (secondary N) is 1. The molecule has 2 fully saturated rings. The van der Waals surface area contributed by atoms with Gasteiger partial charge in [-0.3, -0.25) is 4.90 Å². The highest BCUT2D eigenvalue weighted by Crippen LogP contribution is 2.41. The standard InChI is InChI=1S/C16H31N3O2/c1-4-8-17-16(14-6-7-14,15(20)21-5-2)13-19-11-9-18(3)10-12-19/h14,17H,4-13H2,1-3H3. The van der Waals surface area contributed by atoms with Crippen LogP contribution in [-0.4, -0.2) is 74.2 Å². The summed E-state index contributed by atoms with van der Waals surface area (Å²) in [6, 6.07) is 0. The first-order chi connectivity index (χ1) is 10.1. The van der Waals surface area contributed by atoms with Crippen molar-refractivity contribution in [3.05, 3.63) is 0 Å². The van der Waals surface area contributed by atoms with Crippen LogP contribution in [-0.2, 0) is 9.53 Å². The molecular weight excluding hydrogens is 266 g/mol. The molecule has 1 aliphatic carbocycles. The van der Waals surface area contributed by atoms with E-state index in [1.54, 1.807) is 0 Å². The zero-order valence-electron chi connectivity index (χ0n) is 13.9. The Morgan fingerprint density at radius 1 is 1.24 bits per heavy atom. The van der Waals surface area contributed by atoms with E-state index in [1.807, 2.05) is 6.92 Å². The number of rotatable bonds is 8. The van der Waals surface area contributed by atoms with E-state index in [1.165, 1.54) is 0 Å². The maximum absolute atomic E-state index is 12.7. The van der Waals surface area contributed by atoms with Gasteiger partial charge in [0.15, 0.2) is 0 Å². The van der Waals surface area contributed by atoms with Crippen LogP contribution < -0.4 is 5.32 Å². The van der Waals surface area contributed by atoms with E-state index in [0.717, 1.165) is 58.5 Å². The van der Waals surface area contributed by atoms with E-state index in [4.69, 9.17) is 4.74 Å². The summed E-state index contributed by atoms with van der Waals surface area (Å²) in [5.74, 6) is 0.405. The molecule has 1 heterocycles. The molecule has 0 amide bonds. The summed E-state index contributed by atoms with van der Waals surface area (Å²) in [6.07, 6.45) is 3.32. The van der Waals surface area contributed by atoms with Gasteiger partial charge in [0, 0.05) is 32.7 Å². The molecule has 2 aliphatic rings. The van der Waals surface area contributed by atoms with Crippen molar-refractivity contribution in [2.45, 2.75) is 38.6 Å². The highest BCUT2D eigenvalue weighted by atomic mass is 16.5. The molecule has 0 spiro atoms. The van der Waals surface area contributed by atoms with Gasteiger partial charge < -0.3 is 15.0 Å². The Bertz CT molecular complexity index is 338. The molecule has 1 N–H and O–H groups in total. The second kappa shape index (κ2) is 7.56. The van der Waals surface area contributed by atoms with Crippen molar-refractivity contribution in [2.24, 2.45) is 5.92 Å². The lowest BCUT2D eigenvalue weighted by atomic mass is 9.91. The van der Waals surface area contributed by atoms with Crippen molar-refractivity contribution in [3.8, 4) is 0 Å². The van der Waals surface area contributed by atoms with Crippen molar-refractivity contribution in [1.29, 1.82) is 0 Å². The molecule has 1 aliphatic heterocycles. The van der Waals surface area contributed by atoms with Gasteiger partial charge in [-0.05, 0) is 45.7 Å². The zero-order valence-corrected chi connectivity index (χ0v) is 13.9. The minimum Gasteiger partial charge on any atom is -0.465 e. The Hall–Kier alpha value is -0.650. The molecule has 21 heavy (non-hydrogen) atoms. The summed E-state index contributed by atoms with van der Waals surface area (Å²) in [5, 5.41) is 3.56. The average molecular weight is 297 g/mol. The number of hydrogen-bond donors (Lipinski definition) is 1. The lowest BCUT2D eigenvalue weighted by Gasteiger charge is -2.40. The van der Waals surface area contributed by atoms with Crippen LogP contribution in [0.1, 0.15) is 33.1 Å². The predicted molar refractivity (Wildman–Crippen MR) is 84.3 cm³/mol. The van der Waals surface area contributed by atoms with E-state index in [-0.39, 0.29) is 5.97 Å². The van der Waals surface area contributed by atoms with Gasteiger partial charge in [-0.15, -0.1) is 0 Å². The molecule has 0 aromatic carbocycles. The Morgan fingerprint density at radius 3 is 2.43 bits per heavy atom. The van der Waals surface area contributed by atoms with Crippen molar-refractivity contribution < 1.29 is 9.53 Å². The molecular formula is C16H31N3O2. The van der Waals surface area contributed by atoms with Crippen LogP contribution in [0.2, 0.25) is 0 Å². The molecule has 0 aromatic heterocycles. The first kappa shape index (κ1) is 16.7. The van der Waals surface area contributed by atoms with Crippen LogP contribution in [0.25, 0.3) is 0 Å². The number of carbonyl (C=O) groups excluding carboxylic acids is 1. The summed E-state index contributed by atoms with van der Waals surface area (Å²) in [6.45, 7) is 10.4. The number of likely N-dealkylation sites (N-methyl/N-ethyl adjacent to an activating group) is 1. The third-order valence-corrected chi connectivity index (χ3v) is 4.67. The lowest BCUT2D eigenvalue weighted by molar-refractivity contribution is -0.153. The second-order valence-electron chi connectivity index (χ2n) is 6.47. The molecule has 1 saturated carbocycles. The summed E-state index contributed by atoms with van der Waals surface area (Å²) in [4.78, 5) is 17.4. The summed E-state index contributed by atoms with van der Waals surface area (Å²) in [7, 11) is 2.16. The molecule has 0 aromatic rings. The summed E-state index contributed by atoms with van der Waals surface area (Å²) in [5.41, 5.74) is -0.484. The fourth-order valence-corrected chi connectivity index (χ4v) is 3.18. The van der Waals surface area contributed by atoms with E-state index >= 15 is 0 Å². The van der Waals surface area contributed by atoms with Gasteiger partial charge in [0.25, 0.3) is 0 Å². The van der Waals surface area contributed by atoms with E-state index in [2.05, 4.69) is 29.1 Å². The first-order valence-electron chi connectivity index (χ1n) is 8.45. The van der Waals surface area contributed by atoms with Crippen LogP contribution >= 0.6 is 0 Å². The van der Waals surface area contributed by atoms with Crippen molar-refractivity contribution in [2.75, 3.05) is 52.9 Å². The molecule has 1 unspecified atom stereocenters. The summed E-state index contributed by atoms with van der Waals surface area (Å²) >= 11 is 0. The van der Waals surface area contributed by atoms with Crippen LogP contribution in [0.3, 0.4) is 0 Å². The molecule has 0 bridgehead atoms. The molecule has 0 radical (unpaired) electrons. The Kier molecular flexibility index (Phi) is 6.02. The van der Waals surface area contributed by atoms with Crippen LogP contribution in [0.15, 0.2) is 0 Å². The number of carbonyl (C=O) groups is 1. The third-order valence-electron chi connectivity index (χ3n) is 4.67. The number of hydrogen-bond acceptors (Lipinski definition) is 5. The topological polar surface area (TPSA) is 44.8 Å². The molecule has 2 rings (SSSR count). The second-order valence-corrected chi connectivity index (χ2v) is 6.47. The maximum atomic E-state index is 12.7. The van der Waals surface area contributed by atoms with E-state index in [0.29, 0.717) is 12.5 Å². The number of ether oxygens (including phenoxy) is 1. The third kappa shape index (κ3) is 4.18. The van der Waals surface area contributed by atoms with Gasteiger partial charge in [0.2, 0.25) is 0 Å². The minimum absolute atomic E-state index is 0.0418. The van der Waals surface area contributed by atoms with Crippen LogP contribution in [0, 0.1) is 5.92 Å². The van der Waals surface area contributed by atoms with Crippen LogP contribution in [0.5, 0.6) is 0 Å². The minimum atomic E-state index is -0.484. The largest absolute Gasteiger partial charge is 0.465 e. The van der Waals surface area contributed by atoms with E-state index in [9.17, 15) is 4.79 Å². The normalized spacial score (nSPS) is 23.8. The van der Waals surface area contributed by atoms with Gasteiger partial charge in [0.05, 0.1) is 6.61 Å². The van der Waals surface area contributed by atoms with Crippen LogP contribution in [0.4, 0.5) is 0 Å². The summed E-state index contributed by atoms with van der Waals surface area (Å²) < 4.78 is 5.43. The highest BCUT2D eigenvalue weighted by Gasteiger charge is 2.52. The van der Waals surface area contributed by atoms with Gasteiger partial charge in [-0.1, -0.05) is 6.92 Å². The maximum Gasteiger partial charge on any atom is 0.327 e. The zero-order chi connectivity index (χ0) is 15.3. The number of esters is 1. The lowest BCUT2D eigenvalue weighted by Crippen LogP contribution is -2.63. The van der Waals surface area contributed by atoms with Gasteiger partial charge >= 0.3 is 5.97 Å². The fraction of sp³-hybridized carbons (Fsp3) is 0.938. The Morgan fingerprint density at radius 2 is 1.90 bits per heavy atom. The van der Waals surface area contributed by atoms with Crippen molar-refractivity contribution >= 4 is 5.97 Å². The smallest absolute Gasteiger partial charge is 0.327 e. The van der Waals surface area contributed by atoms with Crippen molar-refractivity contribution in [1.82, 2.24) is 15.1 Å². The first-order valence-corrected chi connectivity index (χ1v) is 8.45. The Labute approximate surface area is 129 Å². The fourth-order valence-electron chi connectivity index (χ4n) is 3.18. The molecule has 1 atom stereocenters. The number of piperazine rings is 1. The highest BCUT2D eigenvalue weighted by molar-refractivity contribution is 5.82. The monoisotopic (exact) mass is 297 g/mol. The van der Waals surface area contributed by atoms with Gasteiger partial charge in [-0.25, -0.2) is 4.79 Å². The molecule has 5 heteroatoms. The SMILES string of the molecule is CCCNC(CN1CCN(C)CC1)(C(=O)OCC)C1CC1. The molecule has 122 valence electrons. The molecule has 5 nitrogen and oxygen atoms in total. The molecule has 1 saturated heterocycles.